The zero-order valence-electron chi connectivity index (χ0n) is 10.6. The maximum absolute atomic E-state index is 13.0. The summed E-state index contributed by atoms with van der Waals surface area (Å²) in [5.41, 5.74) is 1.91. The largest absolute Gasteiger partial charge is 0.345 e. The van der Waals surface area contributed by atoms with Gasteiger partial charge in [0.05, 0.1) is 6.54 Å². The second-order valence-electron chi connectivity index (χ2n) is 4.08. The standard InChI is InChI=1S/C13H19FN2O/c1-4-16(3)13(17)9-15-8-11-7-12(14)6-5-10(11)2/h5-7,15H,4,8-9H2,1-3H3. The van der Waals surface area contributed by atoms with E-state index in [9.17, 15) is 9.18 Å². The molecule has 0 aromatic heterocycles. The van der Waals surface area contributed by atoms with Crippen molar-refractivity contribution in [3.63, 3.8) is 0 Å². The van der Waals surface area contributed by atoms with Crippen LogP contribution in [0.15, 0.2) is 18.2 Å². The van der Waals surface area contributed by atoms with Crippen LogP contribution in [-0.2, 0) is 11.3 Å². The van der Waals surface area contributed by atoms with Gasteiger partial charge in [0.15, 0.2) is 0 Å². The zero-order chi connectivity index (χ0) is 12.8. The van der Waals surface area contributed by atoms with E-state index >= 15 is 0 Å². The van der Waals surface area contributed by atoms with Gasteiger partial charge in [-0.25, -0.2) is 4.39 Å². The van der Waals surface area contributed by atoms with E-state index in [4.69, 9.17) is 0 Å². The molecule has 0 heterocycles. The van der Waals surface area contributed by atoms with Gasteiger partial charge in [0.1, 0.15) is 5.82 Å². The van der Waals surface area contributed by atoms with Gasteiger partial charge >= 0.3 is 0 Å². The van der Waals surface area contributed by atoms with E-state index in [2.05, 4.69) is 5.32 Å². The Kier molecular flexibility index (Phi) is 5.10. The molecule has 0 radical (unpaired) electrons. The molecule has 0 fully saturated rings. The van der Waals surface area contributed by atoms with Crippen molar-refractivity contribution in [2.45, 2.75) is 20.4 Å². The van der Waals surface area contributed by atoms with Crippen LogP contribution in [0.25, 0.3) is 0 Å². The number of carbonyl (C=O) groups excluding carboxylic acids is 1. The highest BCUT2D eigenvalue weighted by Crippen LogP contribution is 2.09. The normalized spacial score (nSPS) is 10.4. The molecule has 3 nitrogen and oxygen atoms in total. The number of aryl methyl sites for hydroxylation is 1. The number of nitrogens with zero attached hydrogens (tertiary/aromatic N) is 1. The van der Waals surface area contributed by atoms with Crippen LogP contribution in [0.5, 0.6) is 0 Å². The molecule has 0 aliphatic carbocycles. The van der Waals surface area contributed by atoms with Crippen molar-refractivity contribution in [2.75, 3.05) is 20.1 Å². The van der Waals surface area contributed by atoms with Crippen molar-refractivity contribution < 1.29 is 9.18 Å². The molecule has 1 N–H and O–H groups in total. The first-order valence-corrected chi connectivity index (χ1v) is 5.74. The highest BCUT2D eigenvalue weighted by molar-refractivity contribution is 5.77. The molecule has 0 aliphatic rings. The average molecular weight is 238 g/mol. The van der Waals surface area contributed by atoms with E-state index in [0.717, 1.165) is 11.1 Å². The number of rotatable bonds is 5. The van der Waals surface area contributed by atoms with Crippen LogP contribution in [0.1, 0.15) is 18.1 Å². The number of hydrogen-bond acceptors (Lipinski definition) is 2. The van der Waals surface area contributed by atoms with Crippen LogP contribution in [0, 0.1) is 12.7 Å². The Morgan fingerprint density at radius 2 is 2.18 bits per heavy atom. The first-order valence-electron chi connectivity index (χ1n) is 5.74. The summed E-state index contributed by atoms with van der Waals surface area (Å²) in [5, 5.41) is 3.03. The second kappa shape index (κ2) is 6.35. The maximum atomic E-state index is 13.0. The lowest BCUT2D eigenvalue weighted by atomic mass is 10.1. The molecule has 0 saturated heterocycles. The Bertz CT molecular complexity index is 393. The molecule has 0 spiro atoms. The highest BCUT2D eigenvalue weighted by atomic mass is 19.1. The summed E-state index contributed by atoms with van der Waals surface area (Å²) in [4.78, 5) is 13.1. The summed E-state index contributed by atoms with van der Waals surface area (Å²) in [5.74, 6) is -0.203. The summed E-state index contributed by atoms with van der Waals surface area (Å²) in [6.07, 6.45) is 0. The Morgan fingerprint density at radius 3 is 2.82 bits per heavy atom. The SMILES string of the molecule is CCN(C)C(=O)CNCc1cc(F)ccc1C. The molecular formula is C13H19FN2O. The van der Waals surface area contributed by atoms with Crippen molar-refractivity contribution in [1.29, 1.82) is 0 Å². The van der Waals surface area contributed by atoms with Gasteiger partial charge in [-0.3, -0.25) is 4.79 Å². The Labute approximate surface area is 102 Å². The number of nitrogens with one attached hydrogen (secondary N) is 1. The zero-order valence-corrected chi connectivity index (χ0v) is 10.6. The van der Waals surface area contributed by atoms with E-state index in [0.29, 0.717) is 13.1 Å². The molecule has 94 valence electrons. The Hall–Kier alpha value is -1.42. The number of hydrogen-bond donors (Lipinski definition) is 1. The summed E-state index contributed by atoms with van der Waals surface area (Å²) in [7, 11) is 1.76. The monoisotopic (exact) mass is 238 g/mol. The first kappa shape index (κ1) is 13.6. The van der Waals surface area contributed by atoms with Gasteiger partial charge < -0.3 is 10.2 Å². The van der Waals surface area contributed by atoms with Gasteiger partial charge in [0.25, 0.3) is 0 Å². The van der Waals surface area contributed by atoms with Crippen LogP contribution in [0.3, 0.4) is 0 Å². The minimum Gasteiger partial charge on any atom is -0.345 e. The molecule has 1 aromatic carbocycles. The predicted octanol–water partition coefficient (Wildman–Crippen LogP) is 1.70. The van der Waals surface area contributed by atoms with E-state index in [1.807, 2.05) is 13.8 Å². The van der Waals surface area contributed by atoms with Crippen molar-refractivity contribution in [3.8, 4) is 0 Å². The number of likely N-dealkylation sites (N-methyl/N-ethyl adjacent to an activating group) is 1. The molecule has 1 amide bonds. The third-order valence-corrected chi connectivity index (χ3v) is 2.80. The fourth-order valence-electron chi connectivity index (χ4n) is 1.45. The third-order valence-electron chi connectivity index (χ3n) is 2.80. The van der Waals surface area contributed by atoms with Crippen molar-refractivity contribution >= 4 is 5.91 Å². The average Bonchev–Trinajstić information content (AvgIpc) is 2.32. The smallest absolute Gasteiger partial charge is 0.236 e. The van der Waals surface area contributed by atoms with Crippen LogP contribution < -0.4 is 5.32 Å². The molecule has 0 bridgehead atoms. The third kappa shape index (κ3) is 4.15. The minimum atomic E-state index is -0.246. The second-order valence-corrected chi connectivity index (χ2v) is 4.08. The summed E-state index contributed by atoms with van der Waals surface area (Å²) >= 11 is 0. The molecule has 0 unspecified atom stereocenters. The molecule has 4 heteroatoms. The Morgan fingerprint density at radius 1 is 1.47 bits per heavy atom. The number of benzene rings is 1. The first-order chi connectivity index (χ1) is 8.04. The van der Waals surface area contributed by atoms with Gasteiger partial charge in [-0.1, -0.05) is 6.07 Å². The van der Waals surface area contributed by atoms with Crippen molar-refractivity contribution in [3.05, 3.63) is 35.1 Å². The summed E-state index contributed by atoms with van der Waals surface area (Å²) in [6.45, 7) is 5.33. The van der Waals surface area contributed by atoms with Gasteiger partial charge in [-0.2, -0.15) is 0 Å². The lowest BCUT2D eigenvalue weighted by Crippen LogP contribution is -2.35. The predicted molar refractivity (Wildman–Crippen MR) is 66.2 cm³/mol. The molecule has 0 saturated carbocycles. The van der Waals surface area contributed by atoms with E-state index in [1.54, 1.807) is 18.0 Å². The van der Waals surface area contributed by atoms with Crippen LogP contribution in [0.2, 0.25) is 0 Å². The van der Waals surface area contributed by atoms with E-state index in [1.165, 1.54) is 12.1 Å². The van der Waals surface area contributed by atoms with Crippen LogP contribution in [0.4, 0.5) is 4.39 Å². The molecule has 1 rings (SSSR count). The summed E-state index contributed by atoms with van der Waals surface area (Å²) in [6, 6.07) is 4.68. The number of carbonyl (C=O) groups is 1. The highest BCUT2D eigenvalue weighted by Gasteiger charge is 2.06. The lowest BCUT2D eigenvalue weighted by molar-refractivity contribution is -0.128. The quantitative estimate of drug-likeness (QED) is 0.847. The van der Waals surface area contributed by atoms with Gasteiger partial charge in [0.2, 0.25) is 5.91 Å². The topological polar surface area (TPSA) is 32.3 Å². The maximum Gasteiger partial charge on any atom is 0.236 e. The van der Waals surface area contributed by atoms with Gasteiger partial charge in [-0.15, -0.1) is 0 Å². The summed E-state index contributed by atoms with van der Waals surface area (Å²) < 4.78 is 13.0. The Balaban J connectivity index is 2.46. The van der Waals surface area contributed by atoms with Crippen molar-refractivity contribution in [2.24, 2.45) is 0 Å². The number of halogens is 1. The molecule has 0 aliphatic heterocycles. The molecule has 1 aromatic rings. The van der Waals surface area contributed by atoms with Crippen molar-refractivity contribution in [1.82, 2.24) is 10.2 Å². The molecular weight excluding hydrogens is 219 g/mol. The molecule has 0 atom stereocenters. The van der Waals surface area contributed by atoms with Crippen LogP contribution >= 0.6 is 0 Å². The van der Waals surface area contributed by atoms with E-state index < -0.39 is 0 Å². The fourth-order valence-corrected chi connectivity index (χ4v) is 1.45. The molecule has 17 heavy (non-hydrogen) atoms. The van der Waals surface area contributed by atoms with E-state index in [-0.39, 0.29) is 18.3 Å². The lowest BCUT2D eigenvalue weighted by Gasteiger charge is -2.15. The number of amides is 1. The fraction of sp³-hybridized carbons (Fsp3) is 0.462. The van der Waals surface area contributed by atoms with Crippen LogP contribution in [-0.4, -0.2) is 30.9 Å². The minimum absolute atomic E-state index is 0.0431. The van der Waals surface area contributed by atoms with Gasteiger partial charge in [-0.05, 0) is 37.1 Å². The van der Waals surface area contributed by atoms with Gasteiger partial charge in [0, 0.05) is 20.1 Å².